The van der Waals surface area contributed by atoms with Crippen molar-refractivity contribution in [1.29, 1.82) is 0 Å². The third-order valence-electron chi connectivity index (χ3n) is 3.74. The molecule has 0 saturated heterocycles. The van der Waals surface area contributed by atoms with Crippen LogP contribution in [0.3, 0.4) is 0 Å². The third-order valence-corrected chi connectivity index (χ3v) is 3.74. The van der Waals surface area contributed by atoms with Gasteiger partial charge in [-0.3, -0.25) is 9.59 Å². The summed E-state index contributed by atoms with van der Waals surface area (Å²) in [5.74, 6) is -0.0894. The maximum atomic E-state index is 12.8. The number of hydrogen-bond acceptors (Lipinski definition) is 3. The molecule has 0 atom stereocenters. The molecule has 0 unspecified atom stereocenters. The molecule has 0 aliphatic rings. The highest BCUT2D eigenvalue weighted by Crippen LogP contribution is 2.18. The Hall–Kier alpha value is -2.89. The lowest BCUT2D eigenvalue weighted by Gasteiger charge is -2.10. The molecule has 0 aliphatic carbocycles. The highest BCUT2D eigenvalue weighted by Gasteiger charge is 2.06. The first-order chi connectivity index (χ1) is 12.4. The van der Waals surface area contributed by atoms with Gasteiger partial charge < -0.3 is 15.4 Å². The summed E-state index contributed by atoms with van der Waals surface area (Å²) in [4.78, 5) is 23.6. The van der Waals surface area contributed by atoms with E-state index in [-0.39, 0.29) is 30.7 Å². The van der Waals surface area contributed by atoms with Crippen LogP contribution in [0.15, 0.2) is 42.5 Å². The highest BCUT2D eigenvalue weighted by molar-refractivity contribution is 5.79. The lowest BCUT2D eigenvalue weighted by molar-refractivity contribution is -0.124. The van der Waals surface area contributed by atoms with E-state index in [0.29, 0.717) is 18.8 Å². The number of halogens is 1. The fraction of sp³-hybridized carbons (Fsp3) is 0.300. The summed E-state index contributed by atoms with van der Waals surface area (Å²) in [6.45, 7) is 4.47. The number of rotatable bonds is 8. The minimum absolute atomic E-state index is 0.0760. The van der Waals surface area contributed by atoms with Crippen molar-refractivity contribution >= 4 is 11.8 Å². The number of carbonyl (C=O) groups excluding carboxylic acids is 2. The second-order valence-electron chi connectivity index (χ2n) is 6.06. The Balaban J connectivity index is 1.62. The van der Waals surface area contributed by atoms with Crippen LogP contribution >= 0.6 is 0 Å². The van der Waals surface area contributed by atoms with Crippen LogP contribution in [0.4, 0.5) is 4.39 Å². The first-order valence-corrected chi connectivity index (χ1v) is 8.42. The molecule has 2 aromatic carbocycles. The maximum Gasteiger partial charge on any atom is 0.258 e. The van der Waals surface area contributed by atoms with Gasteiger partial charge in [0.05, 0.1) is 6.42 Å². The number of nitrogens with one attached hydrogen (secondary N) is 2. The maximum absolute atomic E-state index is 12.8. The number of carbonyl (C=O) groups is 2. The van der Waals surface area contributed by atoms with Crippen molar-refractivity contribution in [3.63, 3.8) is 0 Å². The molecular formula is C20H23FN2O3. The topological polar surface area (TPSA) is 67.4 Å². The van der Waals surface area contributed by atoms with Crippen LogP contribution in [-0.2, 0) is 16.0 Å². The second kappa shape index (κ2) is 9.56. The van der Waals surface area contributed by atoms with Gasteiger partial charge in [-0.2, -0.15) is 0 Å². The summed E-state index contributed by atoms with van der Waals surface area (Å²) >= 11 is 0. The van der Waals surface area contributed by atoms with Crippen molar-refractivity contribution in [3.8, 4) is 5.75 Å². The Morgan fingerprint density at radius 2 is 1.62 bits per heavy atom. The number of ether oxygens (including phenoxy) is 1. The van der Waals surface area contributed by atoms with E-state index in [4.69, 9.17) is 4.74 Å². The Bertz CT molecular complexity index is 760. The average Bonchev–Trinajstić information content (AvgIpc) is 2.60. The third kappa shape index (κ3) is 6.55. The summed E-state index contributed by atoms with van der Waals surface area (Å²) in [5, 5.41) is 5.38. The van der Waals surface area contributed by atoms with Crippen molar-refractivity contribution in [3.05, 3.63) is 65.0 Å². The molecule has 2 amide bonds. The molecule has 0 aliphatic heterocycles. The molecule has 6 heteroatoms. The molecule has 26 heavy (non-hydrogen) atoms. The normalized spacial score (nSPS) is 10.3. The lowest BCUT2D eigenvalue weighted by Crippen LogP contribution is -2.37. The second-order valence-corrected chi connectivity index (χ2v) is 6.06. The molecule has 2 N–H and O–H groups in total. The SMILES string of the molecule is Cc1ccc(OCC(=O)NCCNC(=O)Cc2ccc(F)cc2)c(C)c1. The molecule has 0 fully saturated rings. The quantitative estimate of drug-likeness (QED) is 0.712. The Labute approximate surface area is 152 Å². The predicted molar refractivity (Wildman–Crippen MR) is 97.5 cm³/mol. The summed E-state index contributed by atoms with van der Waals surface area (Å²) < 4.78 is 18.3. The van der Waals surface area contributed by atoms with Crippen LogP contribution < -0.4 is 15.4 Å². The van der Waals surface area contributed by atoms with Crippen LogP contribution in [-0.4, -0.2) is 31.5 Å². The van der Waals surface area contributed by atoms with E-state index in [1.54, 1.807) is 12.1 Å². The zero-order valence-corrected chi connectivity index (χ0v) is 15.0. The van der Waals surface area contributed by atoms with E-state index >= 15 is 0 Å². The molecule has 0 radical (unpaired) electrons. The molecule has 0 spiro atoms. The Morgan fingerprint density at radius 1 is 0.962 bits per heavy atom. The largest absolute Gasteiger partial charge is 0.484 e. The van der Waals surface area contributed by atoms with Crippen molar-refractivity contribution in [2.24, 2.45) is 0 Å². The van der Waals surface area contributed by atoms with Gasteiger partial charge in [-0.05, 0) is 43.2 Å². The Kier molecular flexibility index (Phi) is 7.14. The van der Waals surface area contributed by atoms with Crippen molar-refractivity contribution in [2.75, 3.05) is 19.7 Å². The molecule has 0 aromatic heterocycles. The summed E-state index contributed by atoms with van der Waals surface area (Å²) in [6, 6.07) is 11.5. The van der Waals surface area contributed by atoms with Crippen LogP contribution in [0.25, 0.3) is 0 Å². The number of amides is 2. The van der Waals surface area contributed by atoms with Crippen molar-refractivity contribution < 1.29 is 18.7 Å². The van der Waals surface area contributed by atoms with E-state index in [0.717, 1.165) is 16.7 Å². The molecule has 0 heterocycles. The predicted octanol–water partition coefficient (Wildman–Crippen LogP) is 2.30. The van der Waals surface area contributed by atoms with Gasteiger partial charge in [-0.25, -0.2) is 4.39 Å². The molecular weight excluding hydrogens is 335 g/mol. The average molecular weight is 358 g/mol. The van der Waals surface area contributed by atoms with Crippen molar-refractivity contribution in [2.45, 2.75) is 20.3 Å². The van der Waals surface area contributed by atoms with Gasteiger partial charge in [0.25, 0.3) is 5.91 Å². The lowest BCUT2D eigenvalue weighted by atomic mass is 10.1. The number of benzene rings is 2. The van der Waals surface area contributed by atoms with E-state index < -0.39 is 0 Å². The zero-order chi connectivity index (χ0) is 18.9. The van der Waals surface area contributed by atoms with Crippen LogP contribution in [0.2, 0.25) is 0 Å². The van der Waals surface area contributed by atoms with Gasteiger partial charge in [-0.1, -0.05) is 29.8 Å². The zero-order valence-electron chi connectivity index (χ0n) is 15.0. The van der Waals surface area contributed by atoms with E-state index in [1.807, 2.05) is 32.0 Å². The van der Waals surface area contributed by atoms with E-state index in [1.165, 1.54) is 12.1 Å². The molecule has 2 rings (SSSR count). The smallest absolute Gasteiger partial charge is 0.258 e. The minimum atomic E-state index is -0.333. The van der Waals surface area contributed by atoms with Gasteiger partial charge in [0.2, 0.25) is 5.91 Å². The summed E-state index contributed by atoms with van der Waals surface area (Å²) in [5.41, 5.74) is 2.84. The van der Waals surface area contributed by atoms with Crippen molar-refractivity contribution in [1.82, 2.24) is 10.6 Å². The molecule has 138 valence electrons. The van der Waals surface area contributed by atoms with Gasteiger partial charge in [0.15, 0.2) is 6.61 Å². The fourth-order valence-electron chi connectivity index (χ4n) is 2.41. The van der Waals surface area contributed by atoms with Gasteiger partial charge in [-0.15, -0.1) is 0 Å². The van der Waals surface area contributed by atoms with E-state index in [2.05, 4.69) is 10.6 Å². The van der Waals surface area contributed by atoms with Crippen LogP contribution in [0.5, 0.6) is 5.75 Å². The summed E-state index contributed by atoms with van der Waals surface area (Å²) in [7, 11) is 0. The van der Waals surface area contributed by atoms with Gasteiger partial charge >= 0.3 is 0 Å². The molecule has 0 bridgehead atoms. The van der Waals surface area contributed by atoms with Gasteiger partial charge in [0.1, 0.15) is 11.6 Å². The molecule has 5 nitrogen and oxygen atoms in total. The van der Waals surface area contributed by atoms with E-state index in [9.17, 15) is 14.0 Å². The van der Waals surface area contributed by atoms with Gasteiger partial charge in [0, 0.05) is 13.1 Å². The number of hydrogen-bond donors (Lipinski definition) is 2. The monoisotopic (exact) mass is 358 g/mol. The minimum Gasteiger partial charge on any atom is -0.484 e. The fourth-order valence-corrected chi connectivity index (χ4v) is 2.41. The Morgan fingerprint density at radius 3 is 2.27 bits per heavy atom. The first kappa shape index (κ1) is 19.4. The molecule has 2 aromatic rings. The van der Waals surface area contributed by atoms with Crippen LogP contribution in [0.1, 0.15) is 16.7 Å². The number of aryl methyl sites for hydroxylation is 2. The molecule has 0 saturated carbocycles. The first-order valence-electron chi connectivity index (χ1n) is 8.42. The summed E-state index contributed by atoms with van der Waals surface area (Å²) in [6.07, 6.45) is 0.171. The highest BCUT2D eigenvalue weighted by atomic mass is 19.1. The van der Waals surface area contributed by atoms with Crippen LogP contribution in [0, 0.1) is 19.7 Å². The standard InChI is InChI=1S/C20H23FN2O3/c1-14-3-8-18(15(2)11-14)26-13-20(25)23-10-9-22-19(24)12-16-4-6-17(21)7-5-16/h3-8,11H,9-10,12-13H2,1-2H3,(H,22,24)(H,23,25).